The van der Waals surface area contributed by atoms with Crippen molar-refractivity contribution in [3.05, 3.63) is 65.7 Å². The minimum atomic E-state index is 0.0254. The molecule has 0 N–H and O–H groups in total. The van der Waals surface area contributed by atoms with Crippen LogP contribution < -0.4 is 0 Å². The molecule has 0 spiro atoms. The summed E-state index contributed by atoms with van der Waals surface area (Å²) in [6.07, 6.45) is 0. The highest BCUT2D eigenvalue weighted by Gasteiger charge is 2.26. The number of hydrogen-bond donors (Lipinski definition) is 0. The summed E-state index contributed by atoms with van der Waals surface area (Å²) in [6.45, 7) is 7.66. The second-order valence-corrected chi connectivity index (χ2v) is 9.19. The van der Waals surface area contributed by atoms with Gasteiger partial charge < -0.3 is 4.90 Å². The van der Waals surface area contributed by atoms with E-state index in [1.54, 1.807) is 4.68 Å². The number of halogens is 1. The third-order valence-corrected chi connectivity index (χ3v) is 6.74. The van der Waals surface area contributed by atoms with E-state index in [0.717, 1.165) is 24.2 Å². The van der Waals surface area contributed by atoms with Crippen LogP contribution in [0.3, 0.4) is 0 Å². The Labute approximate surface area is 204 Å². The molecule has 0 saturated carbocycles. The van der Waals surface area contributed by atoms with Crippen molar-refractivity contribution < 1.29 is 4.79 Å². The number of carbonyl (C=O) groups excluding carboxylic acids is 1. The van der Waals surface area contributed by atoms with Crippen LogP contribution >= 0.6 is 11.6 Å². The molecule has 1 amide bonds. The van der Waals surface area contributed by atoms with Crippen LogP contribution in [-0.2, 0) is 11.3 Å². The molecule has 174 valence electrons. The second kappa shape index (κ2) is 9.52. The Morgan fingerprint density at radius 1 is 0.882 bits per heavy atom. The van der Waals surface area contributed by atoms with Gasteiger partial charge in [0.15, 0.2) is 5.65 Å². The maximum Gasteiger partial charge on any atom is 0.244 e. The van der Waals surface area contributed by atoms with Gasteiger partial charge in [0.25, 0.3) is 0 Å². The maximum atomic E-state index is 13.2. The van der Waals surface area contributed by atoms with E-state index in [2.05, 4.69) is 28.9 Å². The molecule has 8 heteroatoms. The summed E-state index contributed by atoms with van der Waals surface area (Å²) in [6, 6.07) is 20.1. The number of benzene rings is 2. The number of hydrogen-bond acceptors (Lipinski definition) is 5. The lowest BCUT2D eigenvalue weighted by molar-refractivity contribution is -0.134. The van der Waals surface area contributed by atoms with Crippen molar-refractivity contribution in [2.45, 2.75) is 26.4 Å². The molecule has 0 unspecified atom stereocenters. The molecule has 1 aliphatic heterocycles. The van der Waals surface area contributed by atoms with Gasteiger partial charge in [-0.15, -0.1) is 10.2 Å². The van der Waals surface area contributed by atoms with E-state index in [1.807, 2.05) is 65.6 Å². The summed E-state index contributed by atoms with van der Waals surface area (Å²) in [5, 5.41) is 14.9. The van der Waals surface area contributed by atoms with Gasteiger partial charge in [0.1, 0.15) is 17.9 Å². The Morgan fingerprint density at radius 3 is 2.06 bits per heavy atom. The van der Waals surface area contributed by atoms with Crippen molar-refractivity contribution in [2.24, 2.45) is 0 Å². The lowest BCUT2D eigenvalue weighted by Gasteiger charge is -2.36. The van der Waals surface area contributed by atoms with E-state index in [4.69, 9.17) is 16.7 Å². The average Bonchev–Trinajstić information content (AvgIpc) is 3.24. The molecule has 5 rings (SSSR count). The summed E-state index contributed by atoms with van der Waals surface area (Å²) in [5.41, 5.74) is 3.61. The van der Waals surface area contributed by atoms with Crippen LogP contribution in [0, 0.1) is 0 Å². The lowest BCUT2D eigenvalue weighted by atomic mass is 10.1. The number of nitrogens with zero attached hydrogens (tertiary/aromatic N) is 6. The third kappa shape index (κ3) is 4.29. The first-order valence-electron chi connectivity index (χ1n) is 11.6. The van der Waals surface area contributed by atoms with Crippen molar-refractivity contribution in [3.8, 4) is 22.5 Å². The Balaban J connectivity index is 1.53. The number of carbonyl (C=O) groups is 1. The van der Waals surface area contributed by atoms with Crippen LogP contribution in [0.1, 0.15) is 13.8 Å². The van der Waals surface area contributed by atoms with Crippen LogP contribution in [0.2, 0.25) is 5.02 Å². The van der Waals surface area contributed by atoms with E-state index in [0.29, 0.717) is 46.6 Å². The van der Waals surface area contributed by atoms with Crippen LogP contribution in [0.25, 0.3) is 33.5 Å². The van der Waals surface area contributed by atoms with Gasteiger partial charge in [0.05, 0.1) is 10.4 Å². The fourth-order valence-electron chi connectivity index (χ4n) is 4.42. The van der Waals surface area contributed by atoms with E-state index in [1.165, 1.54) is 0 Å². The smallest absolute Gasteiger partial charge is 0.244 e. The van der Waals surface area contributed by atoms with E-state index >= 15 is 0 Å². The predicted molar refractivity (Wildman–Crippen MR) is 134 cm³/mol. The van der Waals surface area contributed by atoms with E-state index in [9.17, 15) is 4.79 Å². The SMILES string of the molecule is CC(C)N1CCN(C(=O)Cn2nc(-c3ccccc3)c3c(Cl)c(-c4ccccc4)nnc32)CC1. The zero-order valence-corrected chi connectivity index (χ0v) is 20.1. The second-order valence-electron chi connectivity index (χ2n) is 8.81. The molecular formula is C26H27ClN6O. The molecule has 0 aliphatic carbocycles. The normalized spacial score (nSPS) is 14.8. The van der Waals surface area contributed by atoms with Crippen molar-refractivity contribution in [3.63, 3.8) is 0 Å². The topological polar surface area (TPSA) is 67.2 Å². The molecule has 0 bridgehead atoms. The number of piperazine rings is 1. The summed E-state index contributed by atoms with van der Waals surface area (Å²) in [5.74, 6) is 0.0254. The Morgan fingerprint density at radius 2 is 1.47 bits per heavy atom. The first-order valence-corrected chi connectivity index (χ1v) is 12.0. The fourth-order valence-corrected chi connectivity index (χ4v) is 4.74. The quantitative estimate of drug-likeness (QED) is 0.429. The van der Waals surface area contributed by atoms with Crippen molar-refractivity contribution in [1.29, 1.82) is 0 Å². The number of rotatable bonds is 5. The number of amides is 1. The van der Waals surface area contributed by atoms with Gasteiger partial charge in [0.2, 0.25) is 5.91 Å². The van der Waals surface area contributed by atoms with Crippen LogP contribution in [0.15, 0.2) is 60.7 Å². The highest BCUT2D eigenvalue weighted by molar-refractivity contribution is 6.38. The minimum Gasteiger partial charge on any atom is -0.339 e. The molecule has 1 aliphatic rings. The van der Waals surface area contributed by atoms with Gasteiger partial charge in [-0.25, -0.2) is 4.68 Å². The van der Waals surface area contributed by atoms with Gasteiger partial charge in [-0.1, -0.05) is 72.3 Å². The molecule has 2 aromatic heterocycles. The molecule has 0 atom stereocenters. The Bertz CT molecular complexity index is 1300. The molecule has 2 aromatic carbocycles. The van der Waals surface area contributed by atoms with Crippen molar-refractivity contribution in [2.75, 3.05) is 26.2 Å². The van der Waals surface area contributed by atoms with Gasteiger partial charge >= 0.3 is 0 Å². The molecule has 4 aromatic rings. The third-order valence-electron chi connectivity index (χ3n) is 6.37. The number of fused-ring (bicyclic) bond motifs is 1. The number of aromatic nitrogens is 4. The molecule has 0 radical (unpaired) electrons. The average molecular weight is 475 g/mol. The van der Waals surface area contributed by atoms with E-state index < -0.39 is 0 Å². The molecular weight excluding hydrogens is 448 g/mol. The van der Waals surface area contributed by atoms with Gasteiger partial charge in [-0.3, -0.25) is 9.69 Å². The Hall–Kier alpha value is -3.29. The first kappa shape index (κ1) is 22.5. The maximum absolute atomic E-state index is 13.2. The van der Waals surface area contributed by atoms with Gasteiger partial charge in [0, 0.05) is 43.3 Å². The summed E-state index contributed by atoms with van der Waals surface area (Å²) in [4.78, 5) is 17.5. The van der Waals surface area contributed by atoms with Crippen LogP contribution in [0.4, 0.5) is 0 Å². The zero-order chi connectivity index (χ0) is 23.7. The van der Waals surface area contributed by atoms with Gasteiger partial charge in [-0.2, -0.15) is 5.10 Å². The molecule has 7 nitrogen and oxygen atoms in total. The molecule has 1 saturated heterocycles. The summed E-state index contributed by atoms with van der Waals surface area (Å²) < 4.78 is 1.64. The van der Waals surface area contributed by atoms with Crippen molar-refractivity contribution in [1.82, 2.24) is 29.8 Å². The molecule has 34 heavy (non-hydrogen) atoms. The molecule has 3 heterocycles. The largest absolute Gasteiger partial charge is 0.339 e. The monoisotopic (exact) mass is 474 g/mol. The standard InChI is InChI=1S/C26H27ClN6O/c1-18(2)31-13-15-32(16-14-31)21(34)17-33-26-22(24(30-33)19-9-5-3-6-10-19)23(27)25(28-29-26)20-11-7-4-8-12-20/h3-12,18H,13-17H2,1-2H3. The van der Waals surface area contributed by atoms with E-state index in [-0.39, 0.29) is 12.5 Å². The fraction of sp³-hybridized carbons (Fsp3) is 0.308. The minimum absolute atomic E-state index is 0.0254. The highest BCUT2D eigenvalue weighted by atomic mass is 35.5. The predicted octanol–water partition coefficient (Wildman–Crippen LogP) is 4.37. The summed E-state index contributed by atoms with van der Waals surface area (Å²) >= 11 is 6.92. The van der Waals surface area contributed by atoms with Gasteiger partial charge in [-0.05, 0) is 13.8 Å². The molecule has 1 fully saturated rings. The zero-order valence-electron chi connectivity index (χ0n) is 19.4. The van der Waals surface area contributed by atoms with Crippen LogP contribution in [-0.4, -0.2) is 67.9 Å². The lowest BCUT2D eigenvalue weighted by Crippen LogP contribution is -2.51. The summed E-state index contributed by atoms with van der Waals surface area (Å²) in [7, 11) is 0. The van der Waals surface area contributed by atoms with Crippen LogP contribution in [0.5, 0.6) is 0 Å². The highest BCUT2D eigenvalue weighted by Crippen LogP contribution is 2.37. The van der Waals surface area contributed by atoms with Crippen molar-refractivity contribution >= 4 is 28.5 Å². The Kier molecular flexibility index (Phi) is 6.30. The first-order chi connectivity index (χ1) is 16.5.